The van der Waals surface area contributed by atoms with Crippen LogP contribution in [-0.4, -0.2) is 25.2 Å². The van der Waals surface area contributed by atoms with Crippen molar-refractivity contribution in [1.82, 2.24) is 0 Å². The van der Waals surface area contributed by atoms with Crippen LogP contribution in [0.5, 0.6) is 5.75 Å². The Kier molecular flexibility index (Phi) is 4.54. The molecule has 0 bridgehead atoms. The van der Waals surface area contributed by atoms with E-state index in [1.807, 2.05) is 0 Å². The van der Waals surface area contributed by atoms with E-state index >= 15 is 0 Å². The maximum Gasteiger partial charge on any atom is 0.416 e. The lowest BCUT2D eigenvalue weighted by Gasteiger charge is -2.13. The van der Waals surface area contributed by atoms with Crippen LogP contribution in [0.2, 0.25) is 0 Å². The zero-order chi connectivity index (χ0) is 15.5. The lowest BCUT2D eigenvalue weighted by molar-refractivity contribution is -0.131. The topological polar surface area (TPSA) is 52.6 Å². The average molecular weight is 288 g/mol. The predicted molar refractivity (Wildman–Crippen MR) is 64.2 cm³/mol. The molecule has 20 heavy (non-hydrogen) atoms. The standard InChI is InChI=1S/C13H11F3O4/c1-7(13(14,15)16)9-4-5-11(20-8(2)17)10(6-9)12(18)19-3/h4-6H,1H2,2-3H3. The summed E-state index contributed by atoms with van der Waals surface area (Å²) in [6, 6.07) is 3.06. The third kappa shape index (κ3) is 3.59. The summed E-state index contributed by atoms with van der Waals surface area (Å²) in [7, 11) is 1.06. The highest BCUT2D eigenvalue weighted by Gasteiger charge is 2.33. The smallest absolute Gasteiger partial charge is 0.416 e. The number of hydrogen-bond acceptors (Lipinski definition) is 4. The monoisotopic (exact) mass is 288 g/mol. The number of rotatable bonds is 3. The van der Waals surface area contributed by atoms with Crippen LogP contribution in [0.15, 0.2) is 24.8 Å². The van der Waals surface area contributed by atoms with Crippen LogP contribution in [0.25, 0.3) is 5.57 Å². The maximum absolute atomic E-state index is 12.6. The van der Waals surface area contributed by atoms with Crippen molar-refractivity contribution in [1.29, 1.82) is 0 Å². The molecule has 0 heterocycles. The lowest BCUT2D eigenvalue weighted by atomic mass is 10.0. The summed E-state index contributed by atoms with van der Waals surface area (Å²) in [4.78, 5) is 22.4. The van der Waals surface area contributed by atoms with E-state index in [4.69, 9.17) is 4.74 Å². The highest BCUT2D eigenvalue weighted by Crippen LogP contribution is 2.34. The molecule has 0 aliphatic heterocycles. The van der Waals surface area contributed by atoms with E-state index in [-0.39, 0.29) is 16.9 Å². The first kappa shape index (κ1) is 15.7. The van der Waals surface area contributed by atoms with Gasteiger partial charge >= 0.3 is 18.1 Å². The summed E-state index contributed by atoms with van der Waals surface area (Å²) < 4.78 is 46.9. The summed E-state index contributed by atoms with van der Waals surface area (Å²) in [5.74, 6) is -1.81. The Morgan fingerprint density at radius 2 is 1.85 bits per heavy atom. The molecule has 0 aliphatic carbocycles. The lowest BCUT2D eigenvalue weighted by Crippen LogP contribution is -2.12. The molecule has 0 fully saturated rings. The van der Waals surface area contributed by atoms with Crippen LogP contribution < -0.4 is 4.74 Å². The summed E-state index contributed by atoms with van der Waals surface area (Å²) in [5, 5.41) is 0. The van der Waals surface area contributed by atoms with Crippen molar-refractivity contribution in [3.63, 3.8) is 0 Å². The number of carbonyl (C=O) groups is 2. The van der Waals surface area contributed by atoms with Crippen LogP contribution in [0.4, 0.5) is 13.2 Å². The molecule has 0 amide bonds. The van der Waals surface area contributed by atoms with Gasteiger partial charge in [-0.2, -0.15) is 13.2 Å². The quantitative estimate of drug-likeness (QED) is 0.634. The van der Waals surface area contributed by atoms with Gasteiger partial charge in [-0.05, 0) is 17.7 Å². The van der Waals surface area contributed by atoms with Crippen molar-refractivity contribution in [2.24, 2.45) is 0 Å². The Bertz CT molecular complexity index is 561. The molecule has 1 aromatic rings. The number of ether oxygens (including phenoxy) is 2. The summed E-state index contributed by atoms with van der Waals surface area (Å²) in [6.45, 7) is 4.03. The van der Waals surface area contributed by atoms with E-state index in [0.717, 1.165) is 32.2 Å². The van der Waals surface area contributed by atoms with Crippen LogP contribution in [0, 0.1) is 0 Å². The predicted octanol–water partition coefficient (Wildman–Crippen LogP) is 2.97. The van der Waals surface area contributed by atoms with Gasteiger partial charge in [-0.15, -0.1) is 0 Å². The van der Waals surface area contributed by atoms with Gasteiger partial charge in [0.05, 0.1) is 12.7 Å². The molecule has 0 saturated heterocycles. The Balaban J connectivity index is 3.31. The van der Waals surface area contributed by atoms with E-state index in [2.05, 4.69) is 11.3 Å². The first-order valence-electron chi connectivity index (χ1n) is 5.34. The second kappa shape index (κ2) is 5.77. The third-order valence-corrected chi connectivity index (χ3v) is 2.33. The molecule has 0 N–H and O–H groups in total. The van der Waals surface area contributed by atoms with Crippen LogP contribution in [0.3, 0.4) is 0 Å². The molecule has 7 heteroatoms. The minimum atomic E-state index is -4.63. The number of allylic oxidation sites excluding steroid dienone is 1. The highest BCUT2D eigenvalue weighted by molar-refractivity contribution is 5.94. The number of benzene rings is 1. The van der Waals surface area contributed by atoms with Gasteiger partial charge in [0.25, 0.3) is 0 Å². The average Bonchev–Trinajstić information content (AvgIpc) is 2.35. The van der Waals surface area contributed by atoms with Gasteiger partial charge in [0.1, 0.15) is 11.3 Å². The van der Waals surface area contributed by atoms with Gasteiger partial charge in [-0.1, -0.05) is 12.6 Å². The highest BCUT2D eigenvalue weighted by atomic mass is 19.4. The van der Waals surface area contributed by atoms with E-state index in [1.165, 1.54) is 0 Å². The first-order valence-corrected chi connectivity index (χ1v) is 5.34. The maximum atomic E-state index is 12.6. The second-order valence-electron chi connectivity index (χ2n) is 3.77. The van der Waals surface area contributed by atoms with Gasteiger partial charge in [-0.3, -0.25) is 4.79 Å². The zero-order valence-electron chi connectivity index (χ0n) is 10.7. The van der Waals surface area contributed by atoms with E-state index in [9.17, 15) is 22.8 Å². The van der Waals surface area contributed by atoms with Crippen molar-refractivity contribution in [2.75, 3.05) is 7.11 Å². The molecule has 4 nitrogen and oxygen atoms in total. The Morgan fingerprint density at radius 1 is 1.25 bits per heavy atom. The van der Waals surface area contributed by atoms with Gasteiger partial charge < -0.3 is 9.47 Å². The van der Waals surface area contributed by atoms with Crippen molar-refractivity contribution in [2.45, 2.75) is 13.1 Å². The number of esters is 2. The Labute approximate surface area is 112 Å². The van der Waals surface area contributed by atoms with Crippen LogP contribution >= 0.6 is 0 Å². The summed E-state index contributed by atoms with van der Waals surface area (Å²) >= 11 is 0. The normalized spacial score (nSPS) is 10.8. The molecule has 0 atom stereocenters. The van der Waals surface area contributed by atoms with Gasteiger partial charge in [-0.25, -0.2) is 4.79 Å². The molecule has 0 unspecified atom stereocenters. The fourth-order valence-corrected chi connectivity index (χ4v) is 1.39. The van der Waals surface area contributed by atoms with Crippen LogP contribution in [0.1, 0.15) is 22.8 Å². The van der Waals surface area contributed by atoms with E-state index < -0.39 is 23.7 Å². The Morgan fingerprint density at radius 3 is 2.30 bits per heavy atom. The molecular weight excluding hydrogens is 277 g/mol. The van der Waals surface area contributed by atoms with Crippen LogP contribution in [-0.2, 0) is 9.53 Å². The van der Waals surface area contributed by atoms with Crippen molar-refractivity contribution < 1.29 is 32.2 Å². The largest absolute Gasteiger partial charge is 0.465 e. The number of methoxy groups -OCH3 is 1. The van der Waals surface area contributed by atoms with Crippen molar-refractivity contribution >= 4 is 17.5 Å². The Hall–Kier alpha value is -2.31. The molecule has 0 radical (unpaired) electrons. The first-order chi connectivity index (χ1) is 9.16. The van der Waals surface area contributed by atoms with Gasteiger partial charge in [0.2, 0.25) is 0 Å². The second-order valence-corrected chi connectivity index (χ2v) is 3.77. The molecular formula is C13H11F3O4. The zero-order valence-corrected chi connectivity index (χ0v) is 10.7. The number of alkyl halides is 3. The number of carbonyl (C=O) groups excluding carboxylic acids is 2. The third-order valence-electron chi connectivity index (χ3n) is 2.33. The van der Waals surface area contributed by atoms with E-state index in [1.54, 1.807) is 0 Å². The van der Waals surface area contributed by atoms with E-state index in [0.29, 0.717) is 0 Å². The fraction of sp³-hybridized carbons (Fsp3) is 0.231. The molecule has 1 aromatic carbocycles. The molecule has 0 spiro atoms. The van der Waals surface area contributed by atoms with Crippen molar-refractivity contribution in [3.05, 3.63) is 35.9 Å². The number of halogens is 3. The summed E-state index contributed by atoms with van der Waals surface area (Å²) in [6.07, 6.45) is -4.63. The molecule has 0 saturated carbocycles. The van der Waals surface area contributed by atoms with Crippen molar-refractivity contribution in [3.8, 4) is 5.75 Å². The molecule has 0 aromatic heterocycles. The molecule has 108 valence electrons. The number of hydrogen-bond donors (Lipinski definition) is 0. The molecule has 0 aliphatic rings. The van der Waals surface area contributed by atoms with Gasteiger partial charge in [0, 0.05) is 6.92 Å². The SMILES string of the molecule is C=C(c1ccc(OC(C)=O)c(C(=O)OC)c1)C(F)(F)F. The summed E-state index contributed by atoms with van der Waals surface area (Å²) in [5.41, 5.74) is -1.71. The minimum absolute atomic E-state index is 0.178. The minimum Gasteiger partial charge on any atom is -0.465 e. The fourth-order valence-electron chi connectivity index (χ4n) is 1.39. The van der Waals surface area contributed by atoms with Gasteiger partial charge in [0.15, 0.2) is 0 Å². The molecule has 1 rings (SSSR count).